The SMILES string of the molecule is NC1CCC(NC(=O)CSC2CCNCC2)CC1. The van der Waals surface area contributed by atoms with Crippen molar-refractivity contribution in [1.29, 1.82) is 0 Å². The molecule has 0 spiro atoms. The molecule has 0 bridgehead atoms. The van der Waals surface area contributed by atoms with Crippen LogP contribution in [0, 0.1) is 0 Å². The van der Waals surface area contributed by atoms with Gasteiger partial charge in [-0.3, -0.25) is 4.79 Å². The van der Waals surface area contributed by atoms with Gasteiger partial charge in [0.15, 0.2) is 0 Å². The van der Waals surface area contributed by atoms with Crippen molar-refractivity contribution in [3.8, 4) is 0 Å². The zero-order valence-corrected chi connectivity index (χ0v) is 11.8. The van der Waals surface area contributed by atoms with Crippen molar-refractivity contribution in [2.45, 2.75) is 55.9 Å². The molecule has 2 fully saturated rings. The molecule has 2 rings (SSSR count). The van der Waals surface area contributed by atoms with E-state index >= 15 is 0 Å². The molecule has 18 heavy (non-hydrogen) atoms. The highest BCUT2D eigenvalue weighted by molar-refractivity contribution is 8.00. The van der Waals surface area contributed by atoms with Crippen LogP contribution >= 0.6 is 11.8 Å². The maximum absolute atomic E-state index is 11.9. The molecule has 1 saturated heterocycles. The van der Waals surface area contributed by atoms with Crippen LogP contribution < -0.4 is 16.4 Å². The van der Waals surface area contributed by atoms with Gasteiger partial charge in [-0.15, -0.1) is 11.8 Å². The second kappa shape index (κ2) is 7.36. The van der Waals surface area contributed by atoms with Crippen LogP contribution in [0.5, 0.6) is 0 Å². The lowest BCUT2D eigenvalue weighted by molar-refractivity contribution is -0.119. The summed E-state index contributed by atoms with van der Waals surface area (Å²) in [5.41, 5.74) is 5.86. The summed E-state index contributed by atoms with van der Waals surface area (Å²) in [6.45, 7) is 2.19. The van der Waals surface area contributed by atoms with Gasteiger partial charge in [-0.2, -0.15) is 0 Å². The summed E-state index contributed by atoms with van der Waals surface area (Å²) < 4.78 is 0. The zero-order chi connectivity index (χ0) is 12.8. The van der Waals surface area contributed by atoms with Gasteiger partial charge in [0.25, 0.3) is 0 Å². The fourth-order valence-electron chi connectivity index (χ4n) is 2.69. The molecule has 1 aliphatic heterocycles. The third-order valence-corrected chi connectivity index (χ3v) is 5.24. The van der Waals surface area contributed by atoms with Crippen molar-refractivity contribution in [1.82, 2.24) is 10.6 Å². The quantitative estimate of drug-likeness (QED) is 0.709. The number of hydrogen-bond donors (Lipinski definition) is 3. The third kappa shape index (κ3) is 4.78. The number of rotatable bonds is 4. The summed E-state index contributed by atoms with van der Waals surface area (Å²) in [5, 5.41) is 7.16. The third-order valence-electron chi connectivity index (χ3n) is 3.87. The molecule has 4 N–H and O–H groups in total. The Kier molecular flexibility index (Phi) is 5.79. The van der Waals surface area contributed by atoms with Crippen LogP contribution in [-0.4, -0.2) is 42.1 Å². The Hall–Kier alpha value is -0.260. The number of carbonyl (C=O) groups is 1. The van der Waals surface area contributed by atoms with E-state index in [1.165, 1.54) is 12.8 Å². The van der Waals surface area contributed by atoms with Gasteiger partial charge in [0.1, 0.15) is 0 Å². The molecule has 104 valence electrons. The van der Waals surface area contributed by atoms with Crippen LogP contribution in [0.3, 0.4) is 0 Å². The lowest BCUT2D eigenvalue weighted by atomic mass is 9.92. The first-order valence-electron chi connectivity index (χ1n) is 7.11. The van der Waals surface area contributed by atoms with Crippen molar-refractivity contribution in [2.24, 2.45) is 5.73 Å². The number of carbonyl (C=O) groups excluding carboxylic acids is 1. The fourth-order valence-corrected chi connectivity index (χ4v) is 3.73. The van der Waals surface area contributed by atoms with E-state index in [1.54, 1.807) is 0 Å². The van der Waals surface area contributed by atoms with E-state index in [2.05, 4.69) is 10.6 Å². The van der Waals surface area contributed by atoms with Gasteiger partial charge in [0.2, 0.25) is 5.91 Å². The predicted molar refractivity (Wildman–Crippen MR) is 76.7 cm³/mol. The molecule has 4 nitrogen and oxygen atoms in total. The number of piperidine rings is 1. The predicted octanol–water partition coefficient (Wildman–Crippen LogP) is 0.858. The van der Waals surface area contributed by atoms with E-state index in [4.69, 9.17) is 5.73 Å². The number of nitrogens with one attached hydrogen (secondary N) is 2. The average Bonchev–Trinajstić information content (AvgIpc) is 2.40. The van der Waals surface area contributed by atoms with Gasteiger partial charge < -0.3 is 16.4 Å². The molecule has 5 heteroatoms. The van der Waals surface area contributed by atoms with Crippen LogP contribution in [0.2, 0.25) is 0 Å². The number of thioether (sulfide) groups is 1. The van der Waals surface area contributed by atoms with Crippen LogP contribution in [0.4, 0.5) is 0 Å². The Morgan fingerprint density at radius 1 is 1.17 bits per heavy atom. The molecule has 2 aliphatic rings. The van der Waals surface area contributed by atoms with Crippen LogP contribution in [-0.2, 0) is 4.79 Å². The second-order valence-electron chi connectivity index (χ2n) is 5.44. The number of amides is 1. The number of hydrogen-bond acceptors (Lipinski definition) is 4. The summed E-state index contributed by atoms with van der Waals surface area (Å²) in [5.74, 6) is 0.826. The largest absolute Gasteiger partial charge is 0.353 e. The van der Waals surface area contributed by atoms with Gasteiger partial charge in [-0.25, -0.2) is 0 Å². The molecule has 1 aliphatic carbocycles. The summed E-state index contributed by atoms with van der Waals surface area (Å²) in [6, 6.07) is 0.716. The zero-order valence-electron chi connectivity index (χ0n) is 11.0. The molecule has 1 heterocycles. The normalized spacial score (nSPS) is 30.1. The van der Waals surface area contributed by atoms with Gasteiger partial charge >= 0.3 is 0 Å². The van der Waals surface area contributed by atoms with Crippen LogP contribution in [0.1, 0.15) is 38.5 Å². The molecule has 1 saturated carbocycles. The highest BCUT2D eigenvalue weighted by Crippen LogP contribution is 2.20. The number of nitrogens with two attached hydrogens (primary N) is 1. The first-order chi connectivity index (χ1) is 8.74. The first-order valence-corrected chi connectivity index (χ1v) is 8.16. The van der Waals surface area contributed by atoms with Gasteiger partial charge in [0, 0.05) is 17.3 Å². The van der Waals surface area contributed by atoms with E-state index in [1.807, 2.05) is 11.8 Å². The summed E-state index contributed by atoms with van der Waals surface area (Å²) in [4.78, 5) is 11.9. The monoisotopic (exact) mass is 271 g/mol. The Labute approximate surface area is 114 Å². The van der Waals surface area contributed by atoms with Crippen molar-refractivity contribution in [3.63, 3.8) is 0 Å². The Bertz CT molecular complexity index is 261. The summed E-state index contributed by atoms with van der Waals surface area (Å²) in [6.07, 6.45) is 6.57. The maximum atomic E-state index is 11.9. The molecule has 0 aromatic carbocycles. The first kappa shape index (κ1) is 14.2. The molecule has 0 radical (unpaired) electrons. The highest BCUT2D eigenvalue weighted by atomic mass is 32.2. The maximum Gasteiger partial charge on any atom is 0.230 e. The van der Waals surface area contributed by atoms with E-state index in [0.717, 1.165) is 38.8 Å². The summed E-state index contributed by atoms with van der Waals surface area (Å²) >= 11 is 1.82. The van der Waals surface area contributed by atoms with Crippen molar-refractivity contribution in [3.05, 3.63) is 0 Å². The minimum absolute atomic E-state index is 0.207. The van der Waals surface area contributed by atoms with Crippen molar-refractivity contribution < 1.29 is 4.79 Å². The molecular weight excluding hydrogens is 246 g/mol. The molecule has 1 amide bonds. The van der Waals surface area contributed by atoms with E-state index < -0.39 is 0 Å². The summed E-state index contributed by atoms with van der Waals surface area (Å²) in [7, 11) is 0. The molecule has 0 unspecified atom stereocenters. The van der Waals surface area contributed by atoms with Gasteiger partial charge in [-0.05, 0) is 51.6 Å². The lowest BCUT2D eigenvalue weighted by Gasteiger charge is -2.27. The molecule has 0 atom stereocenters. The Morgan fingerprint density at radius 3 is 2.50 bits per heavy atom. The van der Waals surface area contributed by atoms with Crippen LogP contribution in [0.25, 0.3) is 0 Å². The molecular formula is C13H25N3OS. The van der Waals surface area contributed by atoms with Crippen molar-refractivity contribution >= 4 is 17.7 Å². The molecule has 0 aromatic heterocycles. The van der Waals surface area contributed by atoms with Crippen LogP contribution in [0.15, 0.2) is 0 Å². The van der Waals surface area contributed by atoms with Crippen molar-refractivity contribution in [2.75, 3.05) is 18.8 Å². The van der Waals surface area contributed by atoms with E-state index in [0.29, 0.717) is 23.1 Å². The average molecular weight is 271 g/mol. The smallest absolute Gasteiger partial charge is 0.230 e. The van der Waals surface area contributed by atoms with Gasteiger partial charge in [-0.1, -0.05) is 0 Å². The lowest BCUT2D eigenvalue weighted by Crippen LogP contribution is -2.41. The Morgan fingerprint density at radius 2 is 1.83 bits per heavy atom. The van der Waals surface area contributed by atoms with Gasteiger partial charge in [0.05, 0.1) is 5.75 Å². The van der Waals surface area contributed by atoms with E-state index in [9.17, 15) is 4.79 Å². The standard InChI is InChI=1S/C13H25N3OS/c14-10-1-3-11(4-2-10)16-13(17)9-18-12-5-7-15-8-6-12/h10-12,15H,1-9,14H2,(H,16,17). The Balaban J connectivity index is 1.59. The second-order valence-corrected chi connectivity index (χ2v) is 6.73. The minimum atomic E-state index is 0.207. The van der Waals surface area contributed by atoms with E-state index in [-0.39, 0.29) is 5.91 Å². The highest BCUT2D eigenvalue weighted by Gasteiger charge is 2.21. The molecule has 0 aromatic rings. The minimum Gasteiger partial charge on any atom is -0.353 e. The topological polar surface area (TPSA) is 67.1 Å². The fraction of sp³-hybridized carbons (Fsp3) is 0.923.